The quantitative estimate of drug-likeness (QED) is 0.837. The van der Waals surface area contributed by atoms with Crippen LogP contribution in [0.1, 0.15) is 50.6 Å². The summed E-state index contributed by atoms with van der Waals surface area (Å²) in [5.74, 6) is 1.23. The van der Waals surface area contributed by atoms with Gasteiger partial charge in [0, 0.05) is 30.8 Å². The number of nitrogens with one attached hydrogen (secondary N) is 2. The molecule has 2 saturated heterocycles. The Bertz CT molecular complexity index is 720. The summed E-state index contributed by atoms with van der Waals surface area (Å²) in [5.41, 5.74) is 1.20. The topological polar surface area (TPSA) is 59.0 Å². The molecule has 0 spiro atoms. The minimum Gasteiger partial charge on any atom is -0.311 e. The van der Waals surface area contributed by atoms with Gasteiger partial charge in [0.25, 0.3) is 0 Å². The van der Waals surface area contributed by atoms with E-state index >= 15 is 0 Å². The van der Waals surface area contributed by atoms with Crippen molar-refractivity contribution in [2.75, 3.05) is 5.32 Å². The summed E-state index contributed by atoms with van der Waals surface area (Å²) in [4.78, 5) is 12.4. The monoisotopic (exact) mass is 374 g/mol. The van der Waals surface area contributed by atoms with Crippen LogP contribution in [0.4, 0.5) is 5.82 Å². The van der Waals surface area contributed by atoms with Crippen LogP contribution in [0, 0.1) is 5.92 Å². The first kappa shape index (κ1) is 18.9. The van der Waals surface area contributed by atoms with Gasteiger partial charge in [0.15, 0.2) is 5.82 Å². The van der Waals surface area contributed by atoms with Gasteiger partial charge in [0.2, 0.25) is 5.91 Å². The van der Waals surface area contributed by atoms with E-state index in [0.717, 1.165) is 12.8 Å². The SMILES string of the molecule is CC(c1ccccc1)n1ccc(NC(=O)CC2CC3CCC(C2)N3)n1.Cl. The first-order chi connectivity index (χ1) is 12.2. The Morgan fingerprint density at radius 2 is 1.92 bits per heavy atom. The third-order valence-electron chi connectivity index (χ3n) is 5.60. The molecule has 0 aliphatic carbocycles. The number of hydrogen-bond acceptors (Lipinski definition) is 3. The number of fused-ring (bicyclic) bond motifs is 2. The van der Waals surface area contributed by atoms with Crippen LogP contribution in [0.15, 0.2) is 42.6 Å². The molecule has 1 aromatic heterocycles. The van der Waals surface area contributed by atoms with Crippen molar-refractivity contribution in [3.63, 3.8) is 0 Å². The molecule has 3 heterocycles. The number of nitrogens with zero attached hydrogens (tertiary/aromatic N) is 2. The first-order valence-electron chi connectivity index (χ1n) is 9.33. The molecule has 2 aliphatic heterocycles. The average Bonchev–Trinajstić information content (AvgIpc) is 3.21. The van der Waals surface area contributed by atoms with Gasteiger partial charge in [0.1, 0.15) is 0 Å². The number of carbonyl (C=O) groups is 1. The maximum Gasteiger partial charge on any atom is 0.225 e. The molecule has 2 N–H and O–H groups in total. The van der Waals surface area contributed by atoms with Gasteiger partial charge in [-0.05, 0) is 44.1 Å². The number of aromatic nitrogens is 2. The Morgan fingerprint density at radius 3 is 2.62 bits per heavy atom. The molecule has 1 amide bonds. The Hall–Kier alpha value is -1.85. The van der Waals surface area contributed by atoms with Crippen molar-refractivity contribution >= 4 is 24.1 Å². The lowest BCUT2D eigenvalue weighted by Gasteiger charge is -2.28. The highest BCUT2D eigenvalue weighted by atomic mass is 35.5. The fourth-order valence-corrected chi connectivity index (χ4v) is 4.30. The van der Waals surface area contributed by atoms with Crippen LogP contribution in [0.5, 0.6) is 0 Å². The molecular weight excluding hydrogens is 348 g/mol. The van der Waals surface area contributed by atoms with Gasteiger partial charge in [-0.3, -0.25) is 9.48 Å². The minimum absolute atomic E-state index is 0. The fraction of sp³-hybridized carbons (Fsp3) is 0.500. The fourth-order valence-electron chi connectivity index (χ4n) is 4.30. The third kappa shape index (κ3) is 4.27. The van der Waals surface area contributed by atoms with Crippen molar-refractivity contribution in [3.8, 4) is 0 Å². The summed E-state index contributed by atoms with van der Waals surface area (Å²) in [6.07, 6.45) is 7.33. The van der Waals surface area contributed by atoms with Crippen LogP contribution in [0.2, 0.25) is 0 Å². The molecule has 4 rings (SSSR count). The van der Waals surface area contributed by atoms with Crippen LogP contribution in [-0.2, 0) is 4.79 Å². The van der Waals surface area contributed by atoms with Crippen molar-refractivity contribution in [1.29, 1.82) is 0 Å². The standard InChI is InChI=1S/C20H26N4O.ClH/c1-14(16-5-3-2-4-6-16)24-10-9-19(23-24)22-20(25)13-15-11-17-7-8-18(12-15)21-17;/h2-6,9-10,14-15,17-18,21H,7-8,11-13H2,1H3,(H,22,23,25);1H. The highest BCUT2D eigenvalue weighted by Gasteiger charge is 2.34. The van der Waals surface area contributed by atoms with Crippen molar-refractivity contribution < 1.29 is 4.79 Å². The second-order valence-corrected chi connectivity index (χ2v) is 7.50. The molecule has 0 saturated carbocycles. The van der Waals surface area contributed by atoms with Crippen molar-refractivity contribution in [3.05, 3.63) is 48.2 Å². The molecule has 1 aromatic carbocycles. The molecule has 3 atom stereocenters. The van der Waals surface area contributed by atoms with Gasteiger partial charge in [-0.25, -0.2) is 0 Å². The zero-order chi connectivity index (χ0) is 17.2. The van der Waals surface area contributed by atoms with Gasteiger partial charge in [-0.15, -0.1) is 12.4 Å². The summed E-state index contributed by atoms with van der Waals surface area (Å²) >= 11 is 0. The Morgan fingerprint density at radius 1 is 1.23 bits per heavy atom. The molecule has 140 valence electrons. The normalized spacial score (nSPS) is 25.3. The van der Waals surface area contributed by atoms with Gasteiger partial charge in [0.05, 0.1) is 6.04 Å². The first-order valence-corrected chi connectivity index (χ1v) is 9.33. The van der Waals surface area contributed by atoms with Crippen LogP contribution in [0.25, 0.3) is 0 Å². The predicted molar refractivity (Wildman–Crippen MR) is 106 cm³/mol. The van der Waals surface area contributed by atoms with Crippen LogP contribution in [0.3, 0.4) is 0 Å². The Balaban J connectivity index is 0.00000196. The second-order valence-electron chi connectivity index (χ2n) is 7.50. The smallest absolute Gasteiger partial charge is 0.225 e. The van der Waals surface area contributed by atoms with Gasteiger partial charge in [-0.1, -0.05) is 30.3 Å². The number of carbonyl (C=O) groups excluding carboxylic acids is 1. The van der Waals surface area contributed by atoms with Crippen LogP contribution in [-0.4, -0.2) is 27.8 Å². The Labute approximate surface area is 161 Å². The third-order valence-corrected chi connectivity index (χ3v) is 5.60. The van der Waals surface area contributed by atoms with Crippen LogP contribution >= 0.6 is 12.4 Å². The van der Waals surface area contributed by atoms with Gasteiger partial charge in [-0.2, -0.15) is 5.10 Å². The van der Waals surface area contributed by atoms with Crippen molar-refractivity contribution in [2.24, 2.45) is 5.92 Å². The number of rotatable bonds is 5. The van der Waals surface area contributed by atoms with E-state index in [1.807, 2.05) is 35.1 Å². The van der Waals surface area contributed by atoms with Crippen LogP contribution < -0.4 is 10.6 Å². The summed E-state index contributed by atoms with van der Waals surface area (Å²) in [5, 5.41) is 11.1. The zero-order valence-corrected chi connectivity index (χ0v) is 15.9. The molecule has 2 aliphatic rings. The lowest BCUT2D eigenvalue weighted by Crippen LogP contribution is -2.39. The molecular formula is C20H27ClN4O. The van der Waals surface area contributed by atoms with E-state index in [-0.39, 0.29) is 24.4 Å². The summed E-state index contributed by atoms with van der Waals surface area (Å²) < 4.78 is 1.90. The molecule has 2 bridgehead atoms. The van der Waals surface area contributed by atoms with Gasteiger partial charge >= 0.3 is 0 Å². The molecule has 6 heteroatoms. The highest BCUT2D eigenvalue weighted by molar-refractivity contribution is 5.89. The lowest BCUT2D eigenvalue weighted by molar-refractivity contribution is -0.117. The highest BCUT2D eigenvalue weighted by Crippen LogP contribution is 2.32. The van der Waals surface area contributed by atoms with E-state index in [9.17, 15) is 4.79 Å². The van der Waals surface area contributed by atoms with E-state index in [1.54, 1.807) is 0 Å². The Kier molecular flexibility index (Phi) is 5.99. The molecule has 2 aromatic rings. The van der Waals surface area contributed by atoms with Crippen molar-refractivity contribution in [2.45, 2.75) is 57.2 Å². The average molecular weight is 375 g/mol. The summed E-state index contributed by atoms with van der Waals surface area (Å²) in [7, 11) is 0. The van der Waals surface area contributed by atoms with E-state index in [0.29, 0.717) is 30.2 Å². The number of piperidine rings is 1. The van der Waals surface area contributed by atoms with Crippen molar-refractivity contribution in [1.82, 2.24) is 15.1 Å². The second kappa shape index (κ2) is 8.23. The summed E-state index contributed by atoms with van der Waals surface area (Å²) in [6.45, 7) is 2.11. The number of hydrogen-bond donors (Lipinski definition) is 2. The number of benzene rings is 1. The zero-order valence-electron chi connectivity index (χ0n) is 15.1. The maximum atomic E-state index is 12.4. The summed E-state index contributed by atoms with van der Waals surface area (Å²) in [6, 6.07) is 13.5. The molecule has 5 nitrogen and oxygen atoms in total. The molecule has 26 heavy (non-hydrogen) atoms. The lowest BCUT2D eigenvalue weighted by atomic mass is 9.89. The number of amides is 1. The van der Waals surface area contributed by atoms with E-state index in [4.69, 9.17) is 0 Å². The number of halogens is 1. The van der Waals surface area contributed by atoms with E-state index < -0.39 is 0 Å². The predicted octanol–water partition coefficient (Wildman–Crippen LogP) is 3.77. The maximum absolute atomic E-state index is 12.4. The molecule has 3 unspecified atom stereocenters. The number of anilines is 1. The van der Waals surface area contributed by atoms with E-state index in [1.165, 1.54) is 18.4 Å². The minimum atomic E-state index is 0. The largest absolute Gasteiger partial charge is 0.311 e. The molecule has 2 fully saturated rings. The molecule has 0 radical (unpaired) electrons. The van der Waals surface area contributed by atoms with Gasteiger partial charge < -0.3 is 10.6 Å². The van der Waals surface area contributed by atoms with E-state index in [2.05, 4.69) is 34.8 Å².